The molecule has 1 heterocycles. The monoisotopic (exact) mass is 296 g/mol. The first-order valence-electron chi connectivity index (χ1n) is 7.57. The van der Waals surface area contributed by atoms with Crippen LogP contribution in [0.25, 0.3) is 0 Å². The van der Waals surface area contributed by atoms with Crippen LogP contribution in [-0.2, 0) is 4.74 Å². The molecular weight excluding hydrogens is 272 g/mol. The molecule has 1 aromatic carbocycles. The van der Waals surface area contributed by atoms with Crippen molar-refractivity contribution in [3.63, 3.8) is 0 Å². The van der Waals surface area contributed by atoms with Gasteiger partial charge in [-0.3, -0.25) is 4.90 Å². The van der Waals surface area contributed by atoms with E-state index in [1.165, 1.54) is 5.56 Å². The predicted molar refractivity (Wildman–Crippen MR) is 84.3 cm³/mol. The minimum atomic E-state index is 0.189. The maximum Gasteiger partial charge on any atom is 0.0896 e. The van der Waals surface area contributed by atoms with E-state index in [0.29, 0.717) is 0 Å². The zero-order chi connectivity index (χ0) is 14.4. The van der Waals surface area contributed by atoms with Crippen molar-refractivity contribution < 1.29 is 4.74 Å². The maximum absolute atomic E-state index is 6.14. The number of rotatable bonds is 6. The van der Waals surface area contributed by atoms with E-state index in [1.54, 1.807) is 0 Å². The molecule has 3 nitrogen and oxygen atoms in total. The second-order valence-corrected chi connectivity index (χ2v) is 5.73. The summed E-state index contributed by atoms with van der Waals surface area (Å²) in [5, 5.41) is 4.40. The van der Waals surface area contributed by atoms with Gasteiger partial charge in [-0.15, -0.1) is 0 Å². The Morgan fingerprint density at radius 1 is 1.45 bits per heavy atom. The van der Waals surface area contributed by atoms with Crippen molar-refractivity contribution >= 4 is 11.6 Å². The van der Waals surface area contributed by atoms with Crippen molar-refractivity contribution in [3.8, 4) is 0 Å². The van der Waals surface area contributed by atoms with Crippen LogP contribution in [-0.4, -0.2) is 43.8 Å². The average molecular weight is 297 g/mol. The molecular formula is C16H25ClN2O. The molecule has 0 spiro atoms. The zero-order valence-corrected chi connectivity index (χ0v) is 13.2. The van der Waals surface area contributed by atoms with Gasteiger partial charge in [0.1, 0.15) is 0 Å². The second kappa shape index (κ2) is 7.99. The van der Waals surface area contributed by atoms with Gasteiger partial charge in [0.05, 0.1) is 18.8 Å². The number of hydrogen-bond donors (Lipinski definition) is 1. The fourth-order valence-corrected chi connectivity index (χ4v) is 2.88. The minimum absolute atomic E-state index is 0.189. The Kier molecular flexibility index (Phi) is 6.30. The first kappa shape index (κ1) is 15.8. The van der Waals surface area contributed by atoms with Gasteiger partial charge in [0.15, 0.2) is 0 Å². The number of hydrogen-bond acceptors (Lipinski definition) is 3. The SMILES string of the molecule is CCCNC(c1cccc(Cl)c1)C1CN(CC)CCO1. The van der Waals surface area contributed by atoms with Gasteiger partial charge in [-0.1, -0.05) is 37.6 Å². The van der Waals surface area contributed by atoms with Crippen molar-refractivity contribution in [2.45, 2.75) is 32.4 Å². The third-order valence-electron chi connectivity index (χ3n) is 3.82. The van der Waals surface area contributed by atoms with Gasteiger partial charge in [0.2, 0.25) is 0 Å². The molecule has 0 aromatic heterocycles. The van der Waals surface area contributed by atoms with Crippen LogP contribution in [0.15, 0.2) is 24.3 Å². The highest BCUT2D eigenvalue weighted by molar-refractivity contribution is 6.30. The van der Waals surface area contributed by atoms with Crippen LogP contribution in [0.4, 0.5) is 0 Å². The molecule has 1 saturated heterocycles. The minimum Gasteiger partial charge on any atom is -0.374 e. The first-order valence-corrected chi connectivity index (χ1v) is 7.95. The van der Waals surface area contributed by atoms with Gasteiger partial charge < -0.3 is 10.1 Å². The molecule has 2 atom stereocenters. The lowest BCUT2D eigenvalue weighted by atomic mass is 9.99. The van der Waals surface area contributed by atoms with Crippen molar-refractivity contribution in [1.29, 1.82) is 0 Å². The molecule has 4 heteroatoms. The molecule has 1 aromatic rings. The number of morpholine rings is 1. The summed E-state index contributed by atoms with van der Waals surface area (Å²) >= 11 is 6.14. The standard InChI is InChI=1S/C16H25ClN2O/c1-3-8-18-16(13-6-5-7-14(17)11-13)15-12-19(4-2)9-10-20-15/h5-7,11,15-16,18H,3-4,8-10,12H2,1-2H3. The molecule has 112 valence electrons. The Balaban J connectivity index is 2.14. The molecule has 1 aliphatic rings. The van der Waals surface area contributed by atoms with Crippen molar-refractivity contribution in [3.05, 3.63) is 34.9 Å². The fraction of sp³-hybridized carbons (Fsp3) is 0.625. The Morgan fingerprint density at radius 3 is 3.00 bits per heavy atom. The van der Waals surface area contributed by atoms with Crippen LogP contribution in [0.3, 0.4) is 0 Å². The quantitative estimate of drug-likeness (QED) is 0.873. The van der Waals surface area contributed by atoms with Crippen LogP contribution in [0.2, 0.25) is 5.02 Å². The van der Waals surface area contributed by atoms with Crippen molar-refractivity contribution in [2.24, 2.45) is 0 Å². The molecule has 0 bridgehead atoms. The van der Waals surface area contributed by atoms with Crippen LogP contribution in [0.1, 0.15) is 31.9 Å². The third kappa shape index (κ3) is 4.19. The summed E-state index contributed by atoms with van der Waals surface area (Å²) in [6.45, 7) is 9.27. The fourth-order valence-electron chi connectivity index (χ4n) is 2.68. The molecule has 1 fully saturated rings. The van der Waals surface area contributed by atoms with Crippen molar-refractivity contribution in [2.75, 3.05) is 32.8 Å². The van der Waals surface area contributed by atoms with E-state index in [0.717, 1.165) is 44.2 Å². The normalized spacial score (nSPS) is 21.9. The van der Waals surface area contributed by atoms with Crippen LogP contribution < -0.4 is 5.32 Å². The molecule has 1 N–H and O–H groups in total. The lowest BCUT2D eigenvalue weighted by molar-refractivity contribution is -0.0455. The number of benzene rings is 1. The van der Waals surface area contributed by atoms with E-state index in [9.17, 15) is 0 Å². The summed E-state index contributed by atoms with van der Waals surface area (Å²) in [4.78, 5) is 2.44. The van der Waals surface area contributed by atoms with Gasteiger partial charge in [0, 0.05) is 18.1 Å². The highest BCUT2D eigenvalue weighted by atomic mass is 35.5. The number of ether oxygens (including phenoxy) is 1. The highest BCUT2D eigenvalue weighted by Gasteiger charge is 2.28. The van der Waals surface area contributed by atoms with E-state index in [4.69, 9.17) is 16.3 Å². The van der Waals surface area contributed by atoms with E-state index >= 15 is 0 Å². The Morgan fingerprint density at radius 2 is 2.30 bits per heavy atom. The first-order chi connectivity index (χ1) is 9.74. The van der Waals surface area contributed by atoms with Gasteiger partial charge in [-0.25, -0.2) is 0 Å². The van der Waals surface area contributed by atoms with E-state index in [2.05, 4.69) is 30.1 Å². The van der Waals surface area contributed by atoms with Crippen LogP contribution in [0.5, 0.6) is 0 Å². The zero-order valence-electron chi connectivity index (χ0n) is 12.4. The van der Waals surface area contributed by atoms with Gasteiger partial charge >= 0.3 is 0 Å². The second-order valence-electron chi connectivity index (χ2n) is 5.29. The lowest BCUT2D eigenvalue weighted by Crippen LogP contribution is -2.48. The summed E-state index contributed by atoms with van der Waals surface area (Å²) in [5.74, 6) is 0. The summed E-state index contributed by atoms with van der Waals surface area (Å²) in [6, 6.07) is 8.32. The number of likely N-dealkylation sites (N-methyl/N-ethyl adjacent to an activating group) is 1. The van der Waals surface area contributed by atoms with Gasteiger partial charge in [-0.05, 0) is 37.2 Å². The number of nitrogens with one attached hydrogen (secondary N) is 1. The van der Waals surface area contributed by atoms with E-state index in [-0.39, 0.29) is 12.1 Å². The Bertz CT molecular complexity index is 413. The average Bonchev–Trinajstić information content (AvgIpc) is 2.48. The molecule has 2 rings (SSSR count). The molecule has 0 radical (unpaired) electrons. The van der Waals surface area contributed by atoms with E-state index in [1.807, 2.05) is 18.2 Å². The molecule has 20 heavy (non-hydrogen) atoms. The third-order valence-corrected chi connectivity index (χ3v) is 4.05. The molecule has 1 aliphatic heterocycles. The Labute approximate surface area is 127 Å². The summed E-state index contributed by atoms with van der Waals surface area (Å²) in [6.07, 6.45) is 1.30. The van der Waals surface area contributed by atoms with Crippen LogP contribution in [0, 0.1) is 0 Å². The van der Waals surface area contributed by atoms with E-state index < -0.39 is 0 Å². The summed E-state index contributed by atoms with van der Waals surface area (Å²) in [5.41, 5.74) is 1.22. The molecule has 0 saturated carbocycles. The number of halogens is 1. The smallest absolute Gasteiger partial charge is 0.0896 e. The lowest BCUT2D eigenvalue weighted by Gasteiger charge is -2.37. The largest absolute Gasteiger partial charge is 0.374 e. The Hall–Kier alpha value is -0.610. The maximum atomic E-state index is 6.14. The van der Waals surface area contributed by atoms with Gasteiger partial charge in [-0.2, -0.15) is 0 Å². The molecule has 2 unspecified atom stereocenters. The summed E-state index contributed by atoms with van der Waals surface area (Å²) in [7, 11) is 0. The summed E-state index contributed by atoms with van der Waals surface area (Å²) < 4.78 is 6.02. The number of nitrogens with zero attached hydrogens (tertiary/aromatic N) is 1. The molecule has 0 aliphatic carbocycles. The van der Waals surface area contributed by atoms with Gasteiger partial charge in [0.25, 0.3) is 0 Å². The molecule has 0 amide bonds. The van der Waals surface area contributed by atoms with Crippen molar-refractivity contribution in [1.82, 2.24) is 10.2 Å². The van der Waals surface area contributed by atoms with Crippen LogP contribution >= 0.6 is 11.6 Å². The predicted octanol–water partition coefficient (Wildman–Crippen LogP) is 3.10. The highest BCUT2D eigenvalue weighted by Crippen LogP contribution is 2.24. The topological polar surface area (TPSA) is 24.5 Å².